The van der Waals surface area contributed by atoms with Gasteiger partial charge >= 0.3 is 17.1 Å². The minimum atomic E-state index is -5.68. The Labute approximate surface area is 77.3 Å². The first-order valence-corrected chi connectivity index (χ1v) is 4.38. The van der Waals surface area contributed by atoms with Crippen LogP contribution in [0.3, 0.4) is 0 Å². The smallest absolute Gasteiger partial charge is 0.790 e. The third-order valence-electron chi connectivity index (χ3n) is 0.200. The van der Waals surface area contributed by atoms with Gasteiger partial charge in [0.1, 0.15) is 0 Å². The molecule has 0 saturated carbocycles. The Kier molecular flexibility index (Phi) is 13.7. The summed E-state index contributed by atoms with van der Waals surface area (Å²) >= 11 is 0. The normalized spacial score (nSPS) is 10.3. The number of hydrogen-bond acceptors (Lipinski definition) is 7. The molecule has 0 rings (SSSR count). The Morgan fingerprint density at radius 2 is 1.00 bits per heavy atom. The van der Waals surface area contributed by atoms with Gasteiger partial charge in [0.15, 0.2) is 0 Å². The van der Waals surface area contributed by atoms with Gasteiger partial charge in [-0.25, -0.2) is 0 Å². The molecule has 0 unspecified atom stereocenters. The summed E-state index contributed by atoms with van der Waals surface area (Å²) in [6.07, 6.45) is 0. The molecule has 82 valence electrons. The van der Waals surface area contributed by atoms with E-state index in [2.05, 4.69) is 4.31 Å². The third kappa shape index (κ3) is 22.4. The van der Waals surface area contributed by atoms with Gasteiger partial charge in [-0.2, -0.15) is 0 Å². The zero-order valence-corrected chi connectivity index (χ0v) is 7.78. The Morgan fingerprint density at radius 1 is 0.833 bits per heavy atom. The van der Waals surface area contributed by atoms with Crippen molar-refractivity contribution < 1.29 is 61.0 Å². The zero-order chi connectivity index (χ0) is 7.71. The van der Waals surface area contributed by atoms with Crippen LogP contribution in [-0.4, -0.2) is 11.0 Å². The second-order valence-electron chi connectivity index (χ2n) is 0.976. The molecule has 0 aliphatic heterocycles. The summed E-state index contributed by atoms with van der Waals surface area (Å²) in [5.41, 5.74) is 0. The summed E-state index contributed by atoms with van der Waals surface area (Å²) in [6.45, 7) is 0. The van der Waals surface area contributed by atoms with Crippen molar-refractivity contribution in [2.45, 2.75) is 0 Å². The topological polar surface area (TPSA) is 199 Å². The molecular weight excluding hydrogens is 269 g/mol. The average Bonchev–Trinajstić information content (AvgIpc) is 1.14. The van der Waals surface area contributed by atoms with E-state index in [9.17, 15) is 28.7 Å². The molecule has 9 nitrogen and oxygen atoms in total. The van der Waals surface area contributed by atoms with Crippen molar-refractivity contribution in [3.05, 3.63) is 0 Å². The maximum atomic E-state index is 9.32. The maximum absolute atomic E-state index is 9.32. The van der Waals surface area contributed by atoms with Crippen molar-refractivity contribution in [1.82, 2.24) is 0 Å². The monoisotopic (exact) mass is 273 g/mol. The van der Waals surface area contributed by atoms with E-state index in [1.165, 1.54) is 0 Å². The molecule has 0 heterocycles. The van der Waals surface area contributed by atoms with Gasteiger partial charge in [0.25, 0.3) is 0 Å². The van der Waals surface area contributed by atoms with Crippen LogP contribution in [0.25, 0.3) is 0 Å². The van der Waals surface area contributed by atoms with Gasteiger partial charge < -0.3 is 44.0 Å². The first kappa shape index (κ1) is 23.0. The van der Waals surface area contributed by atoms with Gasteiger partial charge in [0.2, 0.25) is 0 Å². The number of phosphoric acid groups is 2. The van der Waals surface area contributed by atoms with Crippen LogP contribution in [0, 0.1) is 0 Å². The van der Waals surface area contributed by atoms with Gasteiger partial charge in [0, 0.05) is 0 Å². The van der Waals surface area contributed by atoms with E-state index in [-0.39, 0.29) is 28.0 Å². The van der Waals surface area contributed by atoms with Crippen molar-refractivity contribution in [3.63, 3.8) is 0 Å². The molecule has 4 N–H and O–H groups in total. The fourth-order valence-electron chi connectivity index (χ4n) is 0.122. The molecule has 0 bridgehead atoms. The van der Waals surface area contributed by atoms with E-state index in [0.29, 0.717) is 0 Å². The quantitative estimate of drug-likeness (QED) is 0.354. The Balaban J connectivity index is -0.000000107. The third-order valence-corrected chi connectivity index (χ3v) is 1.80. The molecule has 12 heteroatoms. The molecule has 0 aromatic carbocycles. The van der Waals surface area contributed by atoms with Crippen LogP contribution in [0.15, 0.2) is 0 Å². The van der Waals surface area contributed by atoms with Crippen LogP contribution in [0.2, 0.25) is 0 Å². The first-order chi connectivity index (χ1) is 3.71. The van der Waals surface area contributed by atoms with Crippen LogP contribution in [0.4, 0.5) is 0 Å². The fraction of sp³-hybridized carbons (Fsp3) is 0. The van der Waals surface area contributed by atoms with E-state index in [1.807, 2.05) is 0 Å². The molecule has 0 fully saturated rings. The molecule has 0 aliphatic carbocycles. The zero-order valence-electron chi connectivity index (χ0n) is 5.05. The van der Waals surface area contributed by atoms with Crippen molar-refractivity contribution in [2.24, 2.45) is 0 Å². The molecule has 0 aromatic rings. The van der Waals surface area contributed by atoms with E-state index >= 15 is 0 Å². The maximum Gasteiger partial charge on any atom is 1.00 e. The predicted molar refractivity (Wildman–Crippen MR) is 23.5 cm³/mol. The molecule has 0 aromatic heterocycles. The fourth-order valence-corrected chi connectivity index (χ4v) is 1.10. The van der Waals surface area contributed by atoms with E-state index in [1.54, 1.807) is 0 Å². The van der Waals surface area contributed by atoms with E-state index < -0.39 is 15.6 Å². The van der Waals surface area contributed by atoms with Crippen LogP contribution < -0.4 is 19.6 Å². The predicted octanol–water partition coefficient (Wildman–Crippen LogP) is -4.99. The second kappa shape index (κ2) is 7.14. The Hall–Kier alpha value is 0.699. The van der Waals surface area contributed by atoms with Crippen molar-refractivity contribution in [2.75, 3.05) is 0 Å². The molecular formula is H4CuO9P2-3. The summed E-state index contributed by atoms with van der Waals surface area (Å²) in [6, 6.07) is 0. The van der Waals surface area contributed by atoms with Gasteiger partial charge in [0.05, 0.1) is 15.6 Å². The van der Waals surface area contributed by atoms with Crippen LogP contribution >= 0.6 is 15.6 Å². The summed E-state index contributed by atoms with van der Waals surface area (Å²) in [4.78, 5) is 37.3. The molecule has 0 atom stereocenters. The van der Waals surface area contributed by atoms with Gasteiger partial charge in [-0.15, -0.1) is 0 Å². The molecule has 0 spiro atoms. The SMILES string of the molecule is O.O.O=P([O-])([O-])OP(=O)([O-])[O-].[Cu+]. The van der Waals surface area contributed by atoms with Crippen molar-refractivity contribution in [3.8, 4) is 0 Å². The standard InChI is InChI=1S/Cu.H4O7P2.2H2O/c;1-8(2,3)7-9(4,5)6;;/h;(H2,1,2,3)(H2,4,5,6);2*1H2/q+1;;;/p-4. The van der Waals surface area contributed by atoms with Crippen molar-refractivity contribution in [1.29, 1.82) is 0 Å². The Bertz CT molecular complexity index is 153. The average molecular weight is 274 g/mol. The van der Waals surface area contributed by atoms with E-state index in [4.69, 9.17) is 0 Å². The van der Waals surface area contributed by atoms with Crippen LogP contribution in [0.1, 0.15) is 0 Å². The minimum absolute atomic E-state index is 0. The van der Waals surface area contributed by atoms with Crippen LogP contribution in [-0.2, 0) is 30.5 Å². The second-order valence-corrected chi connectivity index (χ2v) is 3.42. The molecule has 0 saturated heterocycles. The molecule has 0 radical (unpaired) electrons. The summed E-state index contributed by atoms with van der Waals surface area (Å²) in [7, 11) is -11.4. The van der Waals surface area contributed by atoms with Gasteiger partial charge in [-0.3, -0.25) is 0 Å². The minimum Gasteiger partial charge on any atom is -0.790 e. The molecule has 0 aliphatic rings. The first-order valence-electron chi connectivity index (χ1n) is 1.46. The van der Waals surface area contributed by atoms with Crippen LogP contribution in [0.5, 0.6) is 0 Å². The van der Waals surface area contributed by atoms with Gasteiger partial charge in [-0.05, 0) is 0 Å². The van der Waals surface area contributed by atoms with Crippen molar-refractivity contribution >= 4 is 15.6 Å². The summed E-state index contributed by atoms with van der Waals surface area (Å²) in [5.74, 6) is 0. The summed E-state index contributed by atoms with van der Waals surface area (Å²) < 4.78 is 21.2. The van der Waals surface area contributed by atoms with E-state index in [0.717, 1.165) is 0 Å². The number of hydrogen-bond donors (Lipinski definition) is 0. The molecule has 0 amide bonds. The largest absolute Gasteiger partial charge is 1.00 e. The Morgan fingerprint density at radius 3 is 1.00 bits per heavy atom. The molecule has 12 heavy (non-hydrogen) atoms. The summed E-state index contributed by atoms with van der Waals surface area (Å²) in [5, 5.41) is 0. The number of rotatable bonds is 2. The van der Waals surface area contributed by atoms with Gasteiger partial charge in [-0.1, -0.05) is 0 Å².